The van der Waals surface area contributed by atoms with Crippen molar-refractivity contribution in [1.82, 2.24) is 5.43 Å². The fraction of sp³-hybridized carbons (Fsp3) is 0.167. The summed E-state index contributed by atoms with van der Waals surface area (Å²) in [5, 5.41) is 31.2. The summed E-state index contributed by atoms with van der Waals surface area (Å²) in [6.45, 7) is 3.01. The van der Waals surface area contributed by atoms with Gasteiger partial charge in [-0.05, 0) is 44.2 Å². The lowest BCUT2D eigenvalue weighted by atomic mass is 10.2. The Morgan fingerprint density at radius 3 is 2.53 bits per heavy atom. The molecular weight excluding hydrogens is 398 g/mol. The molecule has 0 aliphatic rings. The number of azo groups is 1. The fourth-order valence-corrected chi connectivity index (χ4v) is 1.98. The maximum Gasteiger partial charge on any atom is 0.433 e. The van der Waals surface area contributed by atoms with Gasteiger partial charge in [-0.1, -0.05) is 0 Å². The fourth-order valence-electron chi connectivity index (χ4n) is 1.98. The predicted octanol–water partition coefficient (Wildman–Crippen LogP) is 3.39. The van der Waals surface area contributed by atoms with Crippen molar-refractivity contribution in [2.24, 2.45) is 15.3 Å². The Hall–Kier alpha value is -4.35. The van der Waals surface area contributed by atoms with Gasteiger partial charge in [0.1, 0.15) is 10.7 Å². The summed E-state index contributed by atoms with van der Waals surface area (Å²) in [5.41, 5.74) is 2.48. The summed E-state index contributed by atoms with van der Waals surface area (Å²) in [7, 11) is 0. The first-order valence-electron chi connectivity index (χ1n) is 8.48. The number of aliphatic hydroxyl groups excluding tert-OH is 1. The Labute approximate surface area is 169 Å². The van der Waals surface area contributed by atoms with Crippen LogP contribution in [0.25, 0.3) is 0 Å². The smallest absolute Gasteiger partial charge is 0.433 e. The van der Waals surface area contributed by atoms with E-state index in [1.165, 1.54) is 37.3 Å². The average Bonchev–Trinajstić information content (AvgIpc) is 3.18. The number of allylic oxidation sites excluding steroid dienone is 1. The first-order chi connectivity index (χ1) is 14.3. The second-order valence-corrected chi connectivity index (χ2v) is 5.53. The number of nitro groups is 1. The second kappa shape index (κ2) is 10.3. The number of hydrogen-bond donors (Lipinski definition) is 2. The third-order valence-electron chi connectivity index (χ3n) is 3.36. The molecule has 2 rings (SSSR count). The third-order valence-corrected chi connectivity index (χ3v) is 3.36. The molecule has 30 heavy (non-hydrogen) atoms. The molecule has 0 atom stereocenters. The third kappa shape index (κ3) is 6.09. The number of hydrazone groups is 1. The maximum absolute atomic E-state index is 12.1. The number of nitrogens with one attached hydrogen (secondary N) is 1. The molecular formula is C18H17N5O7. The van der Waals surface area contributed by atoms with E-state index in [0.29, 0.717) is 5.69 Å². The summed E-state index contributed by atoms with van der Waals surface area (Å²) in [5.74, 6) is -2.04. The number of furan rings is 1. The van der Waals surface area contributed by atoms with Crippen LogP contribution in [0.2, 0.25) is 0 Å². The molecule has 1 heterocycles. The zero-order chi connectivity index (χ0) is 22.1. The molecule has 0 spiro atoms. The Kier molecular flexibility index (Phi) is 7.51. The van der Waals surface area contributed by atoms with Gasteiger partial charge in [0.05, 0.1) is 24.6 Å². The van der Waals surface area contributed by atoms with Crippen LogP contribution in [0.15, 0.2) is 67.6 Å². The Bertz CT molecular complexity index is 1020. The van der Waals surface area contributed by atoms with E-state index in [0.717, 1.165) is 12.3 Å². The zero-order valence-electron chi connectivity index (χ0n) is 15.9. The predicted molar refractivity (Wildman–Crippen MR) is 103 cm³/mol. The molecule has 12 heteroatoms. The molecule has 0 fully saturated rings. The molecule has 0 saturated heterocycles. The molecule has 0 aliphatic carbocycles. The number of ether oxygens (including phenoxy) is 1. The molecule has 2 aromatic rings. The summed E-state index contributed by atoms with van der Waals surface area (Å²) in [6, 6.07) is 8.31. The van der Waals surface area contributed by atoms with E-state index < -0.39 is 22.7 Å². The minimum absolute atomic E-state index is 0.0994. The summed E-state index contributed by atoms with van der Waals surface area (Å²) in [6.07, 6.45) is 1.12. The molecule has 156 valence electrons. The standard InChI is InChI=1S/C18H17N5O7/c1-3-29-18(26)16(11(2)24)21-20-13-6-4-12(5-7-13)17(25)22-19-10-14-8-9-15(30-14)23(27)28/h4-10,24H,3H2,1-2H3,(H,22,25)/b16-11-,19-10+,21-20?. The van der Waals surface area contributed by atoms with E-state index in [4.69, 9.17) is 9.15 Å². The highest BCUT2D eigenvalue weighted by atomic mass is 16.6. The van der Waals surface area contributed by atoms with Crippen LogP contribution in [0, 0.1) is 10.1 Å². The monoisotopic (exact) mass is 415 g/mol. The number of aliphatic hydroxyl groups is 1. The van der Waals surface area contributed by atoms with Crippen molar-refractivity contribution < 1.29 is 28.8 Å². The highest BCUT2D eigenvalue weighted by molar-refractivity contribution is 5.95. The number of nitrogens with zero attached hydrogens (tertiary/aromatic N) is 4. The van der Waals surface area contributed by atoms with E-state index >= 15 is 0 Å². The zero-order valence-corrected chi connectivity index (χ0v) is 15.9. The SMILES string of the molecule is CCOC(=O)/C(N=Nc1ccc(C(=O)N/N=C/c2ccc([N+](=O)[O-])o2)cc1)=C(\C)O. The summed E-state index contributed by atoms with van der Waals surface area (Å²) < 4.78 is 9.64. The number of amides is 1. The Morgan fingerprint density at radius 1 is 1.27 bits per heavy atom. The highest BCUT2D eigenvalue weighted by Gasteiger charge is 2.14. The number of rotatable bonds is 8. The largest absolute Gasteiger partial charge is 0.510 e. The van der Waals surface area contributed by atoms with Crippen LogP contribution in [-0.2, 0) is 9.53 Å². The molecule has 1 aromatic heterocycles. The lowest BCUT2D eigenvalue weighted by molar-refractivity contribution is -0.402. The average molecular weight is 415 g/mol. The van der Waals surface area contributed by atoms with Gasteiger partial charge in [0.25, 0.3) is 5.91 Å². The van der Waals surface area contributed by atoms with Gasteiger partial charge in [-0.2, -0.15) is 10.2 Å². The molecule has 0 saturated carbocycles. The van der Waals surface area contributed by atoms with Gasteiger partial charge < -0.3 is 14.3 Å². The van der Waals surface area contributed by atoms with Crippen LogP contribution in [0.5, 0.6) is 0 Å². The maximum atomic E-state index is 12.1. The normalized spacial score (nSPS) is 12.1. The van der Waals surface area contributed by atoms with Crippen molar-refractivity contribution >= 4 is 29.7 Å². The van der Waals surface area contributed by atoms with E-state index in [9.17, 15) is 24.8 Å². The van der Waals surface area contributed by atoms with Crippen LogP contribution < -0.4 is 5.43 Å². The van der Waals surface area contributed by atoms with Crippen molar-refractivity contribution in [2.45, 2.75) is 13.8 Å². The van der Waals surface area contributed by atoms with Crippen LogP contribution >= 0.6 is 0 Å². The van der Waals surface area contributed by atoms with Crippen molar-refractivity contribution in [3.8, 4) is 0 Å². The quantitative estimate of drug-likeness (QED) is 0.127. The van der Waals surface area contributed by atoms with Crippen LogP contribution in [-0.4, -0.2) is 34.7 Å². The number of carbonyl (C=O) groups is 2. The highest BCUT2D eigenvalue weighted by Crippen LogP contribution is 2.17. The van der Waals surface area contributed by atoms with E-state index in [-0.39, 0.29) is 29.4 Å². The van der Waals surface area contributed by atoms with Crippen molar-refractivity contribution in [3.63, 3.8) is 0 Å². The van der Waals surface area contributed by atoms with E-state index in [1.807, 2.05) is 0 Å². The van der Waals surface area contributed by atoms with Gasteiger partial charge in [0, 0.05) is 5.56 Å². The lowest BCUT2D eigenvalue weighted by Gasteiger charge is -2.02. The van der Waals surface area contributed by atoms with Gasteiger partial charge in [-0.3, -0.25) is 14.9 Å². The van der Waals surface area contributed by atoms with Gasteiger partial charge >= 0.3 is 11.9 Å². The first kappa shape index (κ1) is 21.9. The van der Waals surface area contributed by atoms with Gasteiger partial charge in [-0.25, -0.2) is 10.2 Å². The summed E-state index contributed by atoms with van der Waals surface area (Å²) in [4.78, 5) is 33.6. The van der Waals surface area contributed by atoms with E-state index in [1.54, 1.807) is 6.92 Å². The van der Waals surface area contributed by atoms with Crippen LogP contribution in [0.1, 0.15) is 30.0 Å². The van der Waals surface area contributed by atoms with E-state index in [2.05, 4.69) is 20.8 Å². The molecule has 1 amide bonds. The van der Waals surface area contributed by atoms with Crippen molar-refractivity contribution in [3.05, 3.63) is 69.3 Å². The molecule has 0 unspecified atom stereocenters. The molecule has 2 N–H and O–H groups in total. The lowest BCUT2D eigenvalue weighted by Crippen LogP contribution is -2.17. The van der Waals surface area contributed by atoms with Crippen molar-refractivity contribution in [1.29, 1.82) is 0 Å². The van der Waals surface area contributed by atoms with Crippen molar-refractivity contribution in [2.75, 3.05) is 6.61 Å². The van der Waals surface area contributed by atoms with Gasteiger partial charge in [-0.15, -0.1) is 5.11 Å². The molecule has 12 nitrogen and oxygen atoms in total. The molecule has 0 bridgehead atoms. The minimum atomic E-state index is -0.808. The molecule has 1 aromatic carbocycles. The number of carbonyl (C=O) groups excluding carboxylic acids is 2. The molecule has 0 aliphatic heterocycles. The van der Waals surface area contributed by atoms with Crippen LogP contribution in [0.4, 0.5) is 11.6 Å². The summed E-state index contributed by atoms with van der Waals surface area (Å²) >= 11 is 0. The van der Waals surface area contributed by atoms with Crippen LogP contribution in [0.3, 0.4) is 0 Å². The Morgan fingerprint density at radius 2 is 1.97 bits per heavy atom. The minimum Gasteiger partial charge on any atom is -0.510 e. The number of benzene rings is 1. The number of hydrogen-bond acceptors (Lipinski definition) is 10. The molecule has 0 radical (unpaired) electrons. The second-order valence-electron chi connectivity index (χ2n) is 5.53. The topological polar surface area (TPSA) is 169 Å². The first-order valence-corrected chi connectivity index (χ1v) is 8.48. The van der Waals surface area contributed by atoms with Gasteiger partial charge in [0.2, 0.25) is 5.70 Å². The van der Waals surface area contributed by atoms with Gasteiger partial charge in [0.15, 0.2) is 5.76 Å². The Balaban J connectivity index is 1.99. The number of esters is 1.